The van der Waals surface area contributed by atoms with Gasteiger partial charge in [-0.1, -0.05) is 57.2 Å². The molecule has 1 N–H and O–H groups in total. The van der Waals surface area contributed by atoms with E-state index in [0.717, 1.165) is 0 Å². The molecular formula is C16H23N3O. The van der Waals surface area contributed by atoms with Crippen LogP contribution in [0.4, 0.5) is 0 Å². The minimum Gasteiger partial charge on any atom is -0.387 e. The standard InChI is InChI=1S/C16H23N3O/c1-5-15(20)14-11-19(18-17-14)10-12-6-8-13(9-7-12)16(2,3)4/h6-9,11,15,20H,5,10H2,1-4H3. The highest BCUT2D eigenvalue weighted by Crippen LogP contribution is 2.22. The maximum Gasteiger partial charge on any atom is 0.111 e. The van der Waals surface area contributed by atoms with Gasteiger partial charge >= 0.3 is 0 Å². The topological polar surface area (TPSA) is 50.9 Å². The number of aromatic nitrogens is 3. The molecule has 1 heterocycles. The van der Waals surface area contributed by atoms with Crippen LogP contribution in [0.15, 0.2) is 30.5 Å². The summed E-state index contributed by atoms with van der Waals surface area (Å²) in [6.45, 7) is 9.22. The van der Waals surface area contributed by atoms with Crippen molar-refractivity contribution in [3.8, 4) is 0 Å². The highest BCUT2D eigenvalue weighted by atomic mass is 16.3. The summed E-state index contributed by atoms with van der Waals surface area (Å²) in [5.74, 6) is 0. The van der Waals surface area contributed by atoms with Crippen molar-refractivity contribution in [2.24, 2.45) is 0 Å². The zero-order valence-corrected chi connectivity index (χ0v) is 12.7. The van der Waals surface area contributed by atoms with Crippen LogP contribution in [-0.4, -0.2) is 20.1 Å². The zero-order valence-electron chi connectivity index (χ0n) is 12.7. The van der Waals surface area contributed by atoms with E-state index in [9.17, 15) is 5.11 Å². The molecule has 4 nitrogen and oxygen atoms in total. The molecule has 1 aromatic carbocycles. The Labute approximate surface area is 120 Å². The largest absolute Gasteiger partial charge is 0.387 e. The summed E-state index contributed by atoms with van der Waals surface area (Å²) in [5.41, 5.74) is 3.31. The summed E-state index contributed by atoms with van der Waals surface area (Å²) in [6.07, 6.45) is 1.94. The lowest BCUT2D eigenvalue weighted by Gasteiger charge is -2.19. The highest BCUT2D eigenvalue weighted by Gasteiger charge is 2.13. The minimum absolute atomic E-state index is 0.171. The number of nitrogens with zero attached hydrogens (tertiary/aromatic N) is 3. The maximum atomic E-state index is 9.72. The Bertz CT molecular complexity index is 552. The Morgan fingerprint density at radius 3 is 2.40 bits per heavy atom. The van der Waals surface area contributed by atoms with Gasteiger partial charge in [-0.3, -0.25) is 0 Å². The molecule has 0 fully saturated rings. The van der Waals surface area contributed by atoms with Crippen molar-refractivity contribution in [2.75, 3.05) is 0 Å². The molecule has 0 bridgehead atoms. The quantitative estimate of drug-likeness (QED) is 0.931. The molecule has 2 aromatic rings. The number of aliphatic hydroxyl groups is 1. The molecule has 1 unspecified atom stereocenters. The lowest BCUT2D eigenvalue weighted by Crippen LogP contribution is -2.11. The first-order valence-electron chi connectivity index (χ1n) is 7.07. The second-order valence-electron chi connectivity index (χ2n) is 6.21. The van der Waals surface area contributed by atoms with Gasteiger partial charge in [-0.2, -0.15) is 0 Å². The van der Waals surface area contributed by atoms with Gasteiger partial charge < -0.3 is 5.11 Å². The van der Waals surface area contributed by atoms with E-state index < -0.39 is 6.10 Å². The molecule has 1 aromatic heterocycles. The third kappa shape index (κ3) is 3.45. The Hall–Kier alpha value is -1.68. The third-order valence-electron chi connectivity index (χ3n) is 3.45. The van der Waals surface area contributed by atoms with Crippen molar-refractivity contribution < 1.29 is 5.11 Å². The Morgan fingerprint density at radius 1 is 1.20 bits per heavy atom. The lowest BCUT2D eigenvalue weighted by atomic mass is 9.87. The fourth-order valence-electron chi connectivity index (χ4n) is 2.05. The highest BCUT2D eigenvalue weighted by molar-refractivity contribution is 5.27. The van der Waals surface area contributed by atoms with Crippen molar-refractivity contribution >= 4 is 0 Å². The van der Waals surface area contributed by atoms with Gasteiger partial charge in [0.1, 0.15) is 5.69 Å². The Morgan fingerprint density at radius 2 is 1.85 bits per heavy atom. The molecule has 108 valence electrons. The van der Waals surface area contributed by atoms with Crippen molar-refractivity contribution in [3.63, 3.8) is 0 Å². The van der Waals surface area contributed by atoms with Crippen LogP contribution in [0.2, 0.25) is 0 Å². The van der Waals surface area contributed by atoms with E-state index >= 15 is 0 Å². The predicted octanol–water partition coefficient (Wildman–Crippen LogP) is 3.07. The molecule has 0 spiro atoms. The number of hydrogen-bond acceptors (Lipinski definition) is 3. The van der Waals surface area contributed by atoms with E-state index in [2.05, 4.69) is 55.3 Å². The van der Waals surface area contributed by atoms with Crippen molar-refractivity contribution in [1.29, 1.82) is 0 Å². The number of aliphatic hydroxyl groups excluding tert-OH is 1. The van der Waals surface area contributed by atoms with Gasteiger partial charge in [0.25, 0.3) is 0 Å². The second kappa shape index (κ2) is 5.75. The van der Waals surface area contributed by atoms with E-state index in [0.29, 0.717) is 18.7 Å². The first-order valence-corrected chi connectivity index (χ1v) is 7.07. The van der Waals surface area contributed by atoms with Crippen LogP contribution < -0.4 is 0 Å². The SMILES string of the molecule is CCC(O)c1cn(Cc2ccc(C(C)(C)C)cc2)nn1. The van der Waals surface area contributed by atoms with Gasteiger partial charge in [0.15, 0.2) is 0 Å². The van der Waals surface area contributed by atoms with Crippen LogP contribution in [0.3, 0.4) is 0 Å². The molecule has 0 aliphatic carbocycles. The molecule has 0 amide bonds. The number of benzene rings is 1. The summed E-state index contributed by atoms with van der Waals surface area (Å²) >= 11 is 0. The normalized spacial score (nSPS) is 13.4. The van der Waals surface area contributed by atoms with Gasteiger partial charge in [0.05, 0.1) is 18.8 Å². The van der Waals surface area contributed by atoms with E-state index in [1.165, 1.54) is 11.1 Å². The van der Waals surface area contributed by atoms with Crippen LogP contribution in [0.1, 0.15) is 57.0 Å². The molecule has 2 rings (SSSR count). The number of rotatable bonds is 4. The minimum atomic E-state index is -0.521. The fraction of sp³-hybridized carbons (Fsp3) is 0.500. The van der Waals surface area contributed by atoms with Crippen molar-refractivity contribution in [1.82, 2.24) is 15.0 Å². The van der Waals surface area contributed by atoms with E-state index in [4.69, 9.17) is 0 Å². The van der Waals surface area contributed by atoms with E-state index in [-0.39, 0.29) is 5.41 Å². The molecule has 20 heavy (non-hydrogen) atoms. The van der Waals surface area contributed by atoms with Crippen LogP contribution in [0.25, 0.3) is 0 Å². The average Bonchev–Trinajstić information content (AvgIpc) is 2.86. The fourth-order valence-corrected chi connectivity index (χ4v) is 2.05. The zero-order chi connectivity index (χ0) is 14.8. The first-order chi connectivity index (χ1) is 9.40. The van der Waals surface area contributed by atoms with Gasteiger partial charge in [-0.15, -0.1) is 5.10 Å². The van der Waals surface area contributed by atoms with Gasteiger partial charge in [0.2, 0.25) is 0 Å². The molecule has 4 heteroatoms. The smallest absolute Gasteiger partial charge is 0.111 e. The molecular weight excluding hydrogens is 250 g/mol. The van der Waals surface area contributed by atoms with E-state index in [1.807, 2.05) is 13.1 Å². The first kappa shape index (κ1) is 14.7. The maximum absolute atomic E-state index is 9.72. The summed E-state index contributed by atoms with van der Waals surface area (Å²) < 4.78 is 1.76. The Balaban J connectivity index is 2.08. The molecule has 0 radical (unpaired) electrons. The third-order valence-corrected chi connectivity index (χ3v) is 3.45. The molecule has 0 saturated heterocycles. The monoisotopic (exact) mass is 273 g/mol. The van der Waals surface area contributed by atoms with Gasteiger partial charge in [0, 0.05) is 0 Å². The van der Waals surface area contributed by atoms with Crippen molar-refractivity contribution in [2.45, 2.75) is 52.2 Å². The summed E-state index contributed by atoms with van der Waals surface area (Å²) in [7, 11) is 0. The van der Waals surface area contributed by atoms with Crippen LogP contribution >= 0.6 is 0 Å². The van der Waals surface area contributed by atoms with Crippen LogP contribution in [0, 0.1) is 0 Å². The number of hydrogen-bond donors (Lipinski definition) is 1. The summed E-state index contributed by atoms with van der Waals surface area (Å²) in [6, 6.07) is 8.57. The summed E-state index contributed by atoms with van der Waals surface area (Å²) in [5, 5.41) is 17.8. The van der Waals surface area contributed by atoms with Gasteiger partial charge in [-0.25, -0.2) is 4.68 Å². The summed E-state index contributed by atoms with van der Waals surface area (Å²) in [4.78, 5) is 0. The van der Waals surface area contributed by atoms with Gasteiger partial charge in [-0.05, 0) is 23.0 Å². The van der Waals surface area contributed by atoms with E-state index in [1.54, 1.807) is 4.68 Å². The van der Waals surface area contributed by atoms with Crippen LogP contribution in [-0.2, 0) is 12.0 Å². The Kier molecular flexibility index (Phi) is 4.23. The molecule has 0 aliphatic heterocycles. The second-order valence-corrected chi connectivity index (χ2v) is 6.21. The molecule has 1 atom stereocenters. The van der Waals surface area contributed by atoms with Crippen LogP contribution in [0.5, 0.6) is 0 Å². The average molecular weight is 273 g/mol. The molecule has 0 saturated carbocycles. The van der Waals surface area contributed by atoms with Crippen molar-refractivity contribution in [3.05, 3.63) is 47.3 Å². The predicted molar refractivity (Wildman–Crippen MR) is 79.5 cm³/mol. The molecule has 0 aliphatic rings. The lowest BCUT2D eigenvalue weighted by molar-refractivity contribution is 0.168.